The van der Waals surface area contributed by atoms with Crippen molar-refractivity contribution in [2.75, 3.05) is 21.7 Å². The number of nitrogens with two attached hydrogens (primary N) is 2. The third-order valence-electron chi connectivity index (χ3n) is 5.75. The molecule has 204 valence electrons. The van der Waals surface area contributed by atoms with E-state index in [0.717, 1.165) is 6.20 Å². The van der Waals surface area contributed by atoms with Crippen molar-refractivity contribution < 1.29 is 14.0 Å². The average Bonchev–Trinajstić information content (AvgIpc) is 3.30. The van der Waals surface area contributed by atoms with Gasteiger partial charge >= 0.3 is 0 Å². The van der Waals surface area contributed by atoms with Crippen molar-refractivity contribution in [1.82, 2.24) is 24.6 Å². The lowest BCUT2D eigenvalue weighted by Gasteiger charge is -2.15. The molecule has 1 aliphatic rings. The molecule has 4 aromatic rings. The van der Waals surface area contributed by atoms with E-state index in [1.54, 1.807) is 0 Å². The summed E-state index contributed by atoms with van der Waals surface area (Å²) in [6.07, 6.45) is 10.3. The first kappa shape index (κ1) is 27.7. The molecule has 1 saturated carbocycles. The summed E-state index contributed by atoms with van der Waals surface area (Å²) in [5.41, 5.74) is 12.1. The van der Waals surface area contributed by atoms with Crippen LogP contribution in [0.4, 0.5) is 33.2 Å². The molecule has 0 bridgehead atoms. The molecule has 39 heavy (non-hydrogen) atoms. The van der Waals surface area contributed by atoms with Gasteiger partial charge in [-0.2, -0.15) is 0 Å². The van der Waals surface area contributed by atoms with Gasteiger partial charge < -0.3 is 27.4 Å². The zero-order valence-electron chi connectivity index (χ0n) is 21.1. The lowest BCUT2D eigenvalue weighted by atomic mass is 9.97. The fraction of sp³-hybridized carbons (Fsp3) is 0.280. The molecule has 1 fully saturated rings. The highest BCUT2D eigenvalue weighted by Crippen LogP contribution is 2.26. The summed E-state index contributed by atoms with van der Waals surface area (Å²) in [7, 11) is 0. The van der Waals surface area contributed by atoms with E-state index in [0.29, 0.717) is 22.6 Å². The smallest absolute Gasteiger partial charge is 0.276 e. The first-order valence-corrected chi connectivity index (χ1v) is 12.6. The van der Waals surface area contributed by atoms with Gasteiger partial charge in [0.1, 0.15) is 17.5 Å². The minimum absolute atomic E-state index is 0.0181. The molecule has 0 unspecified atom stereocenters. The predicted octanol–water partition coefficient (Wildman–Crippen LogP) is 4.13. The molecule has 7 N–H and O–H groups in total. The Morgan fingerprint density at radius 2 is 1.82 bits per heavy atom. The second-order valence-corrected chi connectivity index (χ2v) is 9.37. The number of halogens is 2. The topological polar surface area (TPSA) is 178 Å². The van der Waals surface area contributed by atoms with Gasteiger partial charge in [-0.25, -0.2) is 18.9 Å². The van der Waals surface area contributed by atoms with Crippen molar-refractivity contribution in [3.05, 3.63) is 59.4 Å². The second-order valence-electron chi connectivity index (χ2n) is 8.93. The van der Waals surface area contributed by atoms with Gasteiger partial charge in [0, 0.05) is 30.3 Å². The Morgan fingerprint density at radius 3 is 2.49 bits per heavy atom. The van der Waals surface area contributed by atoms with Crippen LogP contribution in [0.25, 0.3) is 5.65 Å². The SMILES string of the molecule is CC(=O)Nc1cc(Cl)cc(Nc2cc(N)nn3c(C(=O)Nc4ccncc4F)cnc23)n1.NC1CCCCC1. The van der Waals surface area contributed by atoms with Crippen LogP contribution in [0.3, 0.4) is 0 Å². The Balaban J connectivity index is 0.000000438. The number of aromatic nitrogens is 5. The quantitative estimate of drug-likeness (QED) is 0.242. The van der Waals surface area contributed by atoms with E-state index in [4.69, 9.17) is 23.1 Å². The number of carbonyl (C=O) groups excluding carboxylic acids is 2. The Kier molecular flexibility index (Phi) is 8.84. The molecule has 4 heterocycles. The molecule has 14 heteroatoms. The summed E-state index contributed by atoms with van der Waals surface area (Å²) in [5.74, 6) is -1.04. The predicted molar refractivity (Wildman–Crippen MR) is 147 cm³/mol. The Bertz CT molecular complexity index is 1490. The summed E-state index contributed by atoms with van der Waals surface area (Å²) >= 11 is 6.11. The van der Waals surface area contributed by atoms with Crippen LogP contribution in [0.5, 0.6) is 0 Å². The van der Waals surface area contributed by atoms with Crippen LogP contribution < -0.4 is 27.4 Å². The number of imidazole rings is 1. The second kappa shape index (κ2) is 12.5. The van der Waals surface area contributed by atoms with Gasteiger partial charge in [0.25, 0.3) is 5.91 Å². The standard InChI is InChI=1S/C19H15ClFN9O2.C6H13N/c1-9(31)25-16-4-10(20)5-17(28-16)26-13-6-15(22)29-30-14(8-24-18(13)30)19(32)27-12-2-3-23-7-11(12)21;7-6-4-2-1-3-5-6/h2-8H,1H3,(H2,22,29)(H,23,27,32)(H2,25,26,28,31);6H,1-5,7H2. The fourth-order valence-corrected chi connectivity index (χ4v) is 4.18. The fourth-order valence-electron chi connectivity index (χ4n) is 3.97. The van der Waals surface area contributed by atoms with Gasteiger partial charge in [0.15, 0.2) is 17.2 Å². The first-order chi connectivity index (χ1) is 18.7. The van der Waals surface area contributed by atoms with Gasteiger partial charge in [-0.05, 0) is 31.0 Å². The number of hydrogen-bond acceptors (Lipinski definition) is 9. The van der Waals surface area contributed by atoms with Crippen molar-refractivity contribution in [2.24, 2.45) is 5.73 Å². The van der Waals surface area contributed by atoms with Gasteiger partial charge in [0.05, 0.1) is 23.8 Å². The van der Waals surface area contributed by atoms with Gasteiger partial charge in [0.2, 0.25) is 5.91 Å². The zero-order valence-corrected chi connectivity index (χ0v) is 21.9. The van der Waals surface area contributed by atoms with Crippen molar-refractivity contribution in [2.45, 2.75) is 45.1 Å². The van der Waals surface area contributed by atoms with Gasteiger partial charge in [-0.3, -0.25) is 14.6 Å². The van der Waals surface area contributed by atoms with E-state index in [-0.39, 0.29) is 34.6 Å². The minimum atomic E-state index is -0.688. The van der Waals surface area contributed by atoms with Gasteiger partial charge in [-0.1, -0.05) is 30.9 Å². The van der Waals surface area contributed by atoms with E-state index in [9.17, 15) is 14.0 Å². The van der Waals surface area contributed by atoms with E-state index in [1.807, 2.05) is 0 Å². The molecular weight excluding hydrogens is 527 g/mol. The number of pyridine rings is 2. The number of nitrogen functional groups attached to an aromatic ring is 1. The summed E-state index contributed by atoms with van der Waals surface area (Å²) in [4.78, 5) is 36.1. The first-order valence-electron chi connectivity index (χ1n) is 12.2. The summed E-state index contributed by atoms with van der Waals surface area (Å²) in [5, 5.41) is 12.4. The van der Waals surface area contributed by atoms with E-state index >= 15 is 0 Å². The monoisotopic (exact) mass is 554 g/mol. The number of rotatable bonds is 5. The largest absolute Gasteiger partial charge is 0.382 e. The van der Waals surface area contributed by atoms with Crippen LogP contribution in [0.1, 0.15) is 49.5 Å². The van der Waals surface area contributed by atoms with Crippen LogP contribution in [0.15, 0.2) is 42.9 Å². The maximum Gasteiger partial charge on any atom is 0.276 e. The summed E-state index contributed by atoms with van der Waals surface area (Å²) in [6.45, 7) is 1.34. The van der Waals surface area contributed by atoms with Gasteiger partial charge in [-0.15, -0.1) is 5.10 Å². The highest BCUT2D eigenvalue weighted by atomic mass is 35.5. The number of fused-ring (bicyclic) bond motifs is 1. The molecule has 5 rings (SSSR count). The molecule has 0 saturated heterocycles. The Labute approximate surface area is 228 Å². The number of carbonyl (C=O) groups is 2. The molecule has 12 nitrogen and oxygen atoms in total. The number of amides is 2. The van der Waals surface area contributed by atoms with Crippen LogP contribution in [-0.2, 0) is 4.79 Å². The third-order valence-corrected chi connectivity index (χ3v) is 5.96. The summed E-state index contributed by atoms with van der Waals surface area (Å²) in [6, 6.07) is 6.37. The van der Waals surface area contributed by atoms with Crippen molar-refractivity contribution >= 4 is 57.9 Å². The number of nitrogens with one attached hydrogen (secondary N) is 3. The maximum absolute atomic E-state index is 13.8. The lowest BCUT2D eigenvalue weighted by Crippen LogP contribution is -2.22. The minimum Gasteiger partial charge on any atom is -0.382 e. The molecule has 1 aliphatic carbocycles. The van der Waals surface area contributed by atoms with Crippen LogP contribution in [0.2, 0.25) is 5.02 Å². The number of hydrogen-bond donors (Lipinski definition) is 5. The van der Waals surface area contributed by atoms with Crippen LogP contribution in [0, 0.1) is 5.82 Å². The lowest BCUT2D eigenvalue weighted by molar-refractivity contribution is -0.114. The van der Waals surface area contributed by atoms with Crippen LogP contribution >= 0.6 is 11.6 Å². The third kappa shape index (κ3) is 7.36. The molecular formula is C25H28ClFN10O2. The Hall–Kier alpha value is -4.36. The normalized spacial score (nSPS) is 13.3. The molecule has 0 radical (unpaired) electrons. The Morgan fingerprint density at radius 1 is 1.08 bits per heavy atom. The number of nitrogens with zero attached hydrogens (tertiary/aromatic N) is 5. The average molecular weight is 555 g/mol. The van der Waals surface area contributed by atoms with Crippen molar-refractivity contribution in [1.29, 1.82) is 0 Å². The zero-order chi connectivity index (χ0) is 27.9. The molecule has 0 aliphatic heterocycles. The summed E-state index contributed by atoms with van der Waals surface area (Å²) < 4.78 is 15.0. The highest BCUT2D eigenvalue weighted by Gasteiger charge is 2.18. The van der Waals surface area contributed by atoms with Crippen molar-refractivity contribution in [3.8, 4) is 0 Å². The van der Waals surface area contributed by atoms with E-state index < -0.39 is 11.7 Å². The molecule has 2 amide bonds. The van der Waals surface area contributed by atoms with Crippen LogP contribution in [-0.4, -0.2) is 42.4 Å². The van der Waals surface area contributed by atoms with E-state index in [2.05, 4.69) is 36.0 Å². The molecule has 0 spiro atoms. The molecule has 0 atom stereocenters. The molecule has 4 aromatic heterocycles. The number of anilines is 5. The maximum atomic E-state index is 13.8. The molecule has 0 aromatic carbocycles. The van der Waals surface area contributed by atoms with Crippen molar-refractivity contribution in [3.63, 3.8) is 0 Å². The van der Waals surface area contributed by atoms with E-state index in [1.165, 1.54) is 80.2 Å². The highest BCUT2D eigenvalue weighted by molar-refractivity contribution is 6.31.